The van der Waals surface area contributed by atoms with Gasteiger partial charge in [-0.05, 0) is 25.5 Å². The average Bonchev–Trinajstić information content (AvgIpc) is 2.30. The first-order valence-electron chi connectivity index (χ1n) is 6.27. The van der Waals surface area contributed by atoms with Crippen LogP contribution in [0.3, 0.4) is 0 Å². The minimum atomic E-state index is 0.00504. The van der Waals surface area contributed by atoms with Gasteiger partial charge in [-0.2, -0.15) is 0 Å². The topological polar surface area (TPSA) is 44.5 Å². The predicted octanol–water partition coefficient (Wildman–Crippen LogP) is 2.57. The van der Waals surface area contributed by atoms with Gasteiger partial charge >= 0.3 is 0 Å². The molecule has 0 amide bonds. The highest BCUT2D eigenvalue weighted by Gasteiger charge is 2.17. The molecule has 0 spiro atoms. The van der Waals surface area contributed by atoms with E-state index in [4.69, 9.17) is 15.2 Å². The molecule has 1 atom stereocenters. The van der Waals surface area contributed by atoms with Gasteiger partial charge < -0.3 is 15.2 Å². The molecule has 1 saturated heterocycles. The molecule has 2 N–H and O–H groups in total. The van der Waals surface area contributed by atoms with Crippen molar-refractivity contribution in [3.05, 3.63) is 29.3 Å². The summed E-state index contributed by atoms with van der Waals surface area (Å²) in [6, 6.07) is 6.23. The molecule has 1 fully saturated rings. The lowest BCUT2D eigenvalue weighted by atomic mass is 10.1. The number of ether oxygens (including phenoxy) is 2. The van der Waals surface area contributed by atoms with Crippen molar-refractivity contribution in [2.45, 2.75) is 38.8 Å². The Labute approximate surface area is 103 Å². The van der Waals surface area contributed by atoms with Crippen LogP contribution in [0.25, 0.3) is 0 Å². The number of aryl methyl sites for hydroxylation is 1. The SMILES string of the molecule is Cc1ccc([C@H](C)N)c(OC2CCOCC2)c1. The summed E-state index contributed by atoms with van der Waals surface area (Å²) >= 11 is 0. The number of nitrogens with two attached hydrogens (primary N) is 1. The Bertz CT molecular complexity index is 370. The number of rotatable bonds is 3. The summed E-state index contributed by atoms with van der Waals surface area (Å²) in [5.74, 6) is 0.937. The molecule has 17 heavy (non-hydrogen) atoms. The van der Waals surface area contributed by atoms with Crippen LogP contribution in [-0.2, 0) is 4.74 Å². The molecule has 0 radical (unpaired) electrons. The Morgan fingerprint density at radius 1 is 1.35 bits per heavy atom. The van der Waals surface area contributed by atoms with E-state index in [1.807, 2.05) is 6.92 Å². The second-order valence-corrected chi connectivity index (χ2v) is 4.76. The molecule has 1 aliphatic rings. The van der Waals surface area contributed by atoms with Gasteiger partial charge in [0.2, 0.25) is 0 Å². The zero-order valence-electron chi connectivity index (χ0n) is 10.6. The van der Waals surface area contributed by atoms with Gasteiger partial charge in [0, 0.05) is 24.4 Å². The Hall–Kier alpha value is -1.06. The molecular weight excluding hydrogens is 214 g/mol. The number of hydrogen-bond donors (Lipinski definition) is 1. The maximum atomic E-state index is 6.07. The third kappa shape index (κ3) is 3.20. The largest absolute Gasteiger partial charge is 0.490 e. The molecule has 0 unspecified atom stereocenters. The molecule has 0 aromatic heterocycles. The zero-order chi connectivity index (χ0) is 12.3. The highest BCUT2D eigenvalue weighted by atomic mass is 16.5. The molecule has 0 aliphatic carbocycles. The zero-order valence-corrected chi connectivity index (χ0v) is 10.6. The first-order valence-corrected chi connectivity index (χ1v) is 6.27. The van der Waals surface area contributed by atoms with Crippen molar-refractivity contribution in [1.82, 2.24) is 0 Å². The minimum Gasteiger partial charge on any atom is -0.490 e. The monoisotopic (exact) mass is 235 g/mol. The van der Waals surface area contributed by atoms with E-state index >= 15 is 0 Å². The van der Waals surface area contributed by atoms with Crippen molar-refractivity contribution in [3.8, 4) is 5.75 Å². The second-order valence-electron chi connectivity index (χ2n) is 4.76. The highest BCUT2D eigenvalue weighted by molar-refractivity contribution is 5.39. The highest BCUT2D eigenvalue weighted by Crippen LogP contribution is 2.27. The standard InChI is InChI=1S/C14H21NO2/c1-10-3-4-13(11(2)15)14(9-10)17-12-5-7-16-8-6-12/h3-4,9,11-12H,5-8,15H2,1-2H3/t11-/m0/s1. The Morgan fingerprint density at radius 2 is 2.06 bits per heavy atom. The van der Waals surface area contributed by atoms with E-state index in [0.29, 0.717) is 0 Å². The summed E-state index contributed by atoms with van der Waals surface area (Å²) in [5.41, 5.74) is 8.26. The van der Waals surface area contributed by atoms with Gasteiger partial charge in [-0.15, -0.1) is 0 Å². The lowest BCUT2D eigenvalue weighted by Crippen LogP contribution is -2.26. The number of benzene rings is 1. The van der Waals surface area contributed by atoms with Gasteiger partial charge in [0.15, 0.2) is 0 Å². The van der Waals surface area contributed by atoms with Crippen molar-refractivity contribution >= 4 is 0 Å². The Balaban J connectivity index is 2.14. The third-order valence-electron chi connectivity index (χ3n) is 3.12. The van der Waals surface area contributed by atoms with E-state index < -0.39 is 0 Å². The van der Waals surface area contributed by atoms with Crippen LogP contribution >= 0.6 is 0 Å². The van der Waals surface area contributed by atoms with Crippen molar-refractivity contribution in [2.75, 3.05) is 13.2 Å². The molecule has 1 aromatic carbocycles. The van der Waals surface area contributed by atoms with Gasteiger partial charge in [0.25, 0.3) is 0 Å². The van der Waals surface area contributed by atoms with Gasteiger partial charge in [-0.1, -0.05) is 12.1 Å². The van der Waals surface area contributed by atoms with Crippen LogP contribution in [0.4, 0.5) is 0 Å². The van der Waals surface area contributed by atoms with E-state index in [0.717, 1.165) is 37.4 Å². The molecule has 3 nitrogen and oxygen atoms in total. The van der Waals surface area contributed by atoms with Gasteiger partial charge in [0.05, 0.1) is 13.2 Å². The number of hydrogen-bond acceptors (Lipinski definition) is 3. The van der Waals surface area contributed by atoms with E-state index in [2.05, 4.69) is 25.1 Å². The van der Waals surface area contributed by atoms with Crippen LogP contribution in [0.15, 0.2) is 18.2 Å². The van der Waals surface area contributed by atoms with Crippen LogP contribution in [0.5, 0.6) is 5.75 Å². The minimum absolute atomic E-state index is 0.00504. The molecule has 2 rings (SSSR count). The first-order chi connectivity index (χ1) is 8.16. The second kappa shape index (κ2) is 5.52. The summed E-state index contributed by atoms with van der Waals surface area (Å²) in [4.78, 5) is 0. The average molecular weight is 235 g/mol. The van der Waals surface area contributed by atoms with Crippen LogP contribution in [0.2, 0.25) is 0 Å². The van der Waals surface area contributed by atoms with Crippen LogP contribution in [-0.4, -0.2) is 19.3 Å². The molecule has 1 aromatic rings. The fourth-order valence-corrected chi connectivity index (χ4v) is 2.09. The molecule has 0 bridgehead atoms. The van der Waals surface area contributed by atoms with E-state index in [-0.39, 0.29) is 12.1 Å². The normalized spacial score (nSPS) is 19.0. The molecule has 3 heteroatoms. The summed E-state index contributed by atoms with van der Waals surface area (Å²) in [6.45, 7) is 5.65. The lowest BCUT2D eigenvalue weighted by molar-refractivity contribution is 0.0251. The quantitative estimate of drug-likeness (QED) is 0.875. The van der Waals surface area contributed by atoms with Crippen molar-refractivity contribution in [2.24, 2.45) is 5.73 Å². The maximum Gasteiger partial charge on any atom is 0.124 e. The van der Waals surface area contributed by atoms with Crippen molar-refractivity contribution in [1.29, 1.82) is 0 Å². The molecule has 1 heterocycles. The summed E-state index contributed by atoms with van der Waals surface area (Å²) in [5, 5.41) is 0. The molecule has 1 aliphatic heterocycles. The first kappa shape index (κ1) is 12.4. The van der Waals surface area contributed by atoms with Crippen molar-refractivity contribution < 1.29 is 9.47 Å². The van der Waals surface area contributed by atoms with Gasteiger partial charge in [0.1, 0.15) is 11.9 Å². The maximum absolute atomic E-state index is 6.07. The van der Waals surface area contributed by atoms with Gasteiger partial charge in [-0.3, -0.25) is 0 Å². The van der Waals surface area contributed by atoms with Crippen LogP contribution in [0, 0.1) is 6.92 Å². The molecular formula is C14H21NO2. The summed E-state index contributed by atoms with van der Waals surface area (Å²) in [7, 11) is 0. The Morgan fingerprint density at radius 3 is 2.71 bits per heavy atom. The lowest BCUT2D eigenvalue weighted by Gasteiger charge is -2.25. The Kier molecular flexibility index (Phi) is 4.02. The fourth-order valence-electron chi connectivity index (χ4n) is 2.09. The fraction of sp³-hybridized carbons (Fsp3) is 0.571. The van der Waals surface area contributed by atoms with Gasteiger partial charge in [-0.25, -0.2) is 0 Å². The molecule has 0 saturated carbocycles. The molecule has 94 valence electrons. The smallest absolute Gasteiger partial charge is 0.124 e. The van der Waals surface area contributed by atoms with E-state index in [1.165, 1.54) is 5.56 Å². The van der Waals surface area contributed by atoms with E-state index in [1.54, 1.807) is 0 Å². The van der Waals surface area contributed by atoms with Crippen molar-refractivity contribution in [3.63, 3.8) is 0 Å². The van der Waals surface area contributed by atoms with Crippen LogP contribution < -0.4 is 10.5 Å². The van der Waals surface area contributed by atoms with E-state index in [9.17, 15) is 0 Å². The predicted molar refractivity (Wildman–Crippen MR) is 68.3 cm³/mol. The summed E-state index contributed by atoms with van der Waals surface area (Å²) < 4.78 is 11.4. The summed E-state index contributed by atoms with van der Waals surface area (Å²) in [6.07, 6.45) is 2.20. The van der Waals surface area contributed by atoms with Crippen LogP contribution in [0.1, 0.15) is 36.9 Å². The third-order valence-corrected chi connectivity index (χ3v) is 3.12.